The van der Waals surface area contributed by atoms with Gasteiger partial charge in [-0.3, -0.25) is 4.90 Å². The molecule has 3 aromatic carbocycles. The molecule has 0 radical (unpaired) electrons. The zero-order valence-corrected chi connectivity index (χ0v) is 23.0. The summed E-state index contributed by atoms with van der Waals surface area (Å²) < 4.78 is 10.3. The Labute approximate surface area is 233 Å². The fraction of sp³-hybridized carbons (Fsp3) is 0.345. The number of hydrogen-bond acceptors (Lipinski definition) is 7. The van der Waals surface area contributed by atoms with Gasteiger partial charge in [-0.15, -0.1) is 0 Å². The molecule has 1 heterocycles. The third-order valence-electron chi connectivity index (χ3n) is 6.77. The highest BCUT2D eigenvalue weighted by atomic mass is 35.5. The lowest BCUT2D eigenvalue weighted by molar-refractivity contribution is 0.0102. The molecule has 0 unspecified atom stereocenters. The Morgan fingerprint density at radius 1 is 1.05 bits per heavy atom. The van der Waals surface area contributed by atoms with Crippen molar-refractivity contribution in [1.82, 2.24) is 4.90 Å². The summed E-state index contributed by atoms with van der Waals surface area (Å²) in [6, 6.07) is 20.2. The van der Waals surface area contributed by atoms with E-state index in [9.17, 15) is 9.90 Å². The van der Waals surface area contributed by atoms with Crippen LogP contribution in [0.2, 0.25) is 10.0 Å². The number of piperazine rings is 1. The molecule has 1 saturated heterocycles. The van der Waals surface area contributed by atoms with Crippen molar-refractivity contribution in [2.45, 2.75) is 18.6 Å². The van der Waals surface area contributed by atoms with Crippen molar-refractivity contribution in [3.63, 3.8) is 0 Å². The monoisotopic (exact) mass is 558 g/mol. The Kier molecular flexibility index (Phi) is 9.18. The van der Waals surface area contributed by atoms with Crippen LogP contribution in [0.15, 0.2) is 66.7 Å². The number of carbonyl (C=O) groups is 1. The van der Waals surface area contributed by atoms with E-state index in [-0.39, 0.29) is 19.3 Å². The molecular formula is C29H32Cl2N2O5. The van der Waals surface area contributed by atoms with E-state index in [1.54, 1.807) is 37.3 Å². The SMILES string of the molecule is COC(=O)c1ccc([C@](C)(O)CN2CCN(c3ccc(OCCO)cc3Cl)[C@H](c3ccc(Cl)cc3)C2)cc1. The number of anilines is 1. The molecule has 0 aromatic heterocycles. The number of ether oxygens (including phenoxy) is 2. The Morgan fingerprint density at radius 3 is 2.39 bits per heavy atom. The summed E-state index contributed by atoms with van der Waals surface area (Å²) in [4.78, 5) is 16.3. The Morgan fingerprint density at radius 2 is 1.76 bits per heavy atom. The number of carbonyl (C=O) groups excluding carboxylic acids is 1. The first kappa shape index (κ1) is 28.2. The standard InChI is InChI=1S/C29H32Cl2N2O5/c1-29(36,22-7-3-21(4-8-22)28(35)37-2)19-32-13-14-33(27(18-32)20-5-9-23(30)10-6-20)26-12-11-24(17-25(26)31)38-16-15-34/h3-12,17,27,34,36H,13-16,18-19H2,1-2H3/t27-,29+/m0/s1. The van der Waals surface area contributed by atoms with Crippen molar-refractivity contribution in [2.24, 2.45) is 0 Å². The van der Waals surface area contributed by atoms with Gasteiger partial charge in [0.2, 0.25) is 0 Å². The minimum atomic E-state index is -1.13. The van der Waals surface area contributed by atoms with Crippen LogP contribution in [-0.2, 0) is 10.3 Å². The van der Waals surface area contributed by atoms with Gasteiger partial charge in [-0.05, 0) is 54.4 Å². The zero-order valence-electron chi connectivity index (χ0n) is 21.4. The van der Waals surface area contributed by atoms with Gasteiger partial charge >= 0.3 is 5.97 Å². The van der Waals surface area contributed by atoms with Crippen LogP contribution in [0, 0.1) is 0 Å². The maximum absolute atomic E-state index is 11.8. The molecule has 1 aliphatic heterocycles. The van der Waals surface area contributed by atoms with E-state index in [1.165, 1.54) is 7.11 Å². The molecule has 38 heavy (non-hydrogen) atoms. The number of methoxy groups -OCH3 is 1. The van der Waals surface area contributed by atoms with Crippen LogP contribution in [0.4, 0.5) is 5.69 Å². The Hall–Kier alpha value is -2.81. The van der Waals surface area contributed by atoms with Crippen LogP contribution in [0.25, 0.3) is 0 Å². The van der Waals surface area contributed by atoms with E-state index in [2.05, 4.69) is 9.80 Å². The summed E-state index contributed by atoms with van der Waals surface area (Å²) in [5, 5.41) is 21.7. The molecule has 3 aromatic rings. The van der Waals surface area contributed by atoms with E-state index in [4.69, 9.17) is 37.8 Å². The second-order valence-corrected chi connectivity index (χ2v) is 10.4. The second kappa shape index (κ2) is 12.4. The van der Waals surface area contributed by atoms with E-state index in [1.807, 2.05) is 36.4 Å². The van der Waals surface area contributed by atoms with Crippen LogP contribution >= 0.6 is 23.2 Å². The second-order valence-electron chi connectivity index (χ2n) is 9.52. The number of aliphatic hydroxyl groups is 2. The topological polar surface area (TPSA) is 82.5 Å². The van der Waals surface area contributed by atoms with Gasteiger partial charge in [-0.2, -0.15) is 0 Å². The predicted octanol–water partition coefficient (Wildman–Crippen LogP) is 4.92. The minimum absolute atomic E-state index is 0.0415. The van der Waals surface area contributed by atoms with Gasteiger partial charge in [-0.25, -0.2) is 4.79 Å². The first-order valence-corrected chi connectivity index (χ1v) is 13.2. The molecule has 0 amide bonds. The minimum Gasteiger partial charge on any atom is -0.491 e. The van der Waals surface area contributed by atoms with Crippen molar-refractivity contribution < 1.29 is 24.5 Å². The number of β-amino-alcohol motifs (C(OH)–C–C–N with tert-alkyl or cyclic N) is 1. The summed E-state index contributed by atoms with van der Waals surface area (Å²) in [5.74, 6) is 0.188. The summed E-state index contributed by atoms with van der Waals surface area (Å²) in [7, 11) is 1.34. The first-order chi connectivity index (χ1) is 18.2. The number of esters is 1. The highest BCUT2D eigenvalue weighted by molar-refractivity contribution is 6.33. The molecular weight excluding hydrogens is 527 g/mol. The van der Waals surface area contributed by atoms with Crippen LogP contribution < -0.4 is 9.64 Å². The molecule has 7 nitrogen and oxygen atoms in total. The highest BCUT2D eigenvalue weighted by Gasteiger charge is 2.34. The lowest BCUT2D eigenvalue weighted by Gasteiger charge is -2.45. The van der Waals surface area contributed by atoms with Crippen LogP contribution in [-0.4, -0.2) is 67.6 Å². The summed E-state index contributed by atoms with van der Waals surface area (Å²) in [6.07, 6.45) is 0. The molecule has 4 rings (SSSR count). The molecule has 0 spiro atoms. The lowest BCUT2D eigenvalue weighted by Crippen LogP contribution is -2.52. The van der Waals surface area contributed by atoms with E-state index in [0.29, 0.717) is 47.5 Å². The van der Waals surface area contributed by atoms with Gasteiger partial charge in [-0.1, -0.05) is 47.5 Å². The highest BCUT2D eigenvalue weighted by Crippen LogP contribution is 2.38. The van der Waals surface area contributed by atoms with Crippen LogP contribution in [0.3, 0.4) is 0 Å². The molecule has 1 fully saturated rings. The van der Waals surface area contributed by atoms with Crippen molar-refractivity contribution in [1.29, 1.82) is 0 Å². The number of benzene rings is 3. The quantitative estimate of drug-likeness (QED) is 0.360. The fourth-order valence-corrected chi connectivity index (χ4v) is 5.23. The van der Waals surface area contributed by atoms with Gasteiger partial charge < -0.3 is 24.6 Å². The van der Waals surface area contributed by atoms with Crippen molar-refractivity contribution in [2.75, 3.05) is 51.4 Å². The molecule has 0 bridgehead atoms. The number of nitrogens with zero attached hydrogens (tertiary/aromatic N) is 2. The molecule has 9 heteroatoms. The molecule has 0 saturated carbocycles. The van der Waals surface area contributed by atoms with Gasteiger partial charge in [0, 0.05) is 37.3 Å². The first-order valence-electron chi connectivity index (χ1n) is 12.4. The van der Waals surface area contributed by atoms with Crippen LogP contribution in [0.1, 0.15) is 34.5 Å². The number of aliphatic hydroxyl groups excluding tert-OH is 1. The largest absolute Gasteiger partial charge is 0.491 e. The third kappa shape index (κ3) is 6.60. The lowest BCUT2D eigenvalue weighted by atomic mass is 9.93. The summed E-state index contributed by atoms with van der Waals surface area (Å²) >= 11 is 12.9. The maximum atomic E-state index is 11.8. The third-order valence-corrected chi connectivity index (χ3v) is 7.32. The molecule has 202 valence electrons. The average Bonchev–Trinajstić information content (AvgIpc) is 2.92. The Bertz CT molecular complexity index is 1230. The molecule has 1 aliphatic rings. The number of rotatable bonds is 9. The molecule has 2 N–H and O–H groups in total. The Balaban J connectivity index is 1.56. The van der Waals surface area contributed by atoms with E-state index < -0.39 is 11.6 Å². The van der Waals surface area contributed by atoms with Crippen molar-refractivity contribution in [3.8, 4) is 5.75 Å². The van der Waals surface area contributed by atoms with E-state index in [0.717, 1.165) is 16.8 Å². The fourth-order valence-electron chi connectivity index (χ4n) is 4.83. The predicted molar refractivity (Wildman–Crippen MR) is 149 cm³/mol. The van der Waals surface area contributed by atoms with Gasteiger partial charge in [0.05, 0.1) is 41.6 Å². The van der Waals surface area contributed by atoms with E-state index >= 15 is 0 Å². The summed E-state index contributed by atoms with van der Waals surface area (Å²) in [6.45, 7) is 4.36. The van der Waals surface area contributed by atoms with Crippen molar-refractivity contribution >= 4 is 34.9 Å². The summed E-state index contributed by atoms with van der Waals surface area (Å²) in [5.41, 5.74) is 1.99. The van der Waals surface area contributed by atoms with Crippen molar-refractivity contribution in [3.05, 3.63) is 93.5 Å². The van der Waals surface area contributed by atoms with Gasteiger partial charge in [0.1, 0.15) is 12.4 Å². The average molecular weight is 559 g/mol. The smallest absolute Gasteiger partial charge is 0.337 e. The molecule has 0 aliphatic carbocycles. The number of halogens is 2. The zero-order chi connectivity index (χ0) is 27.3. The van der Waals surface area contributed by atoms with Crippen LogP contribution in [0.5, 0.6) is 5.75 Å². The maximum Gasteiger partial charge on any atom is 0.337 e. The normalized spacial score (nSPS) is 17.6. The number of hydrogen-bond donors (Lipinski definition) is 2. The van der Waals surface area contributed by atoms with Gasteiger partial charge in [0.25, 0.3) is 0 Å². The van der Waals surface area contributed by atoms with Gasteiger partial charge in [0.15, 0.2) is 0 Å². The molecule has 2 atom stereocenters.